The van der Waals surface area contributed by atoms with Gasteiger partial charge in [0.25, 0.3) is 5.91 Å². The van der Waals surface area contributed by atoms with E-state index in [1.807, 2.05) is 6.07 Å². The zero-order valence-electron chi connectivity index (χ0n) is 11.7. The lowest BCUT2D eigenvalue weighted by Crippen LogP contribution is -2.27. The van der Waals surface area contributed by atoms with Crippen LogP contribution in [0.4, 0.5) is 5.13 Å². The van der Waals surface area contributed by atoms with Crippen LogP contribution in [-0.4, -0.2) is 16.9 Å². The zero-order chi connectivity index (χ0) is 14.8. The number of aryl methyl sites for hydroxylation is 1. The first kappa shape index (κ1) is 16.4. The maximum Gasteiger partial charge on any atom is 0.257 e. The third-order valence-electron chi connectivity index (χ3n) is 3.47. The maximum absolute atomic E-state index is 12.1. The predicted octanol–water partition coefficient (Wildman–Crippen LogP) is 2.50. The van der Waals surface area contributed by atoms with Crippen LogP contribution in [0.25, 0.3) is 0 Å². The number of benzene rings is 1. The number of nitrogens with two attached hydrogens (primary N) is 1. The van der Waals surface area contributed by atoms with Crippen molar-refractivity contribution < 1.29 is 4.79 Å². The fraction of sp³-hybridized carbons (Fsp3) is 0.267. The van der Waals surface area contributed by atoms with Crippen LogP contribution in [-0.2, 0) is 12.8 Å². The first-order valence-corrected chi connectivity index (χ1v) is 7.53. The van der Waals surface area contributed by atoms with Gasteiger partial charge in [0.05, 0.1) is 17.3 Å². The molecule has 3 N–H and O–H groups in total. The number of amides is 1. The minimum atomic E-state index is -0.213. The monoisotopic (exact) mass is 334 g/mol. The van der Waals surface area contributed by atoms with Crippen molar-refractivity contribution in [3.8, 4) is 6.07 Å². The van der Waals surface area contributed by atoms with E-state index in [1.54, 1.807) is 24.3 Å². The van der Waals surface area contributed by atoms with Crippen molar-refractivity contribution in [3.63, 3.8) is 0 Å². The van der Waals surface area contributed by atoms with E-state index in [2.05, 4.69) is 10.3 Å². The molecule has 0 fully saturated rings. The number of fused-ring (bicyclic) bond motifs is 1. The number of aromatic nitrogens is 1. The van der Waals surface area contributed by atoms with Gasteiger partial charge < -0.3 is 5.73 Å². The SMILES string of the molecule is Cl.N#Cc1ccc(C(=O)Nc2nc3c(s2)C[C@@H](N)CC3)cc1. The van der Waals surface area contributed by atoms with Crippen LogP contribution in [0.1, 0.15) is 32.9 Å². The summed E-state index contributed by atoms with van der Waals surface area (Å²) in [5, 5.41) is 12.2. The number of nitriles is 1. The van der Waals surface area contributed by atoms with E-state index in [1.165, 1.54) is 16.2 Å². The highest BCUT2D eigenvalue weighted by atomic mass is 35.5. The van der Waals surface area contributed by atoms with Crippen LogP contribution in [0.3, 0.4) is 0 Å². The molecule has 2 aromatic rings. The van der Waals surface area contributed by atoms with Gasteiger partial charge >= 0.3 is 0 Å². The van der Waals surface area contributed by atoms with Gasteiger partial charge in [0, 0.05) is 16.5 Å². The molecule has 1 atom stereocenters. The highest BCUT2D eigenvalue weighted by Gasteiger charge is 2.20. The van der Waals surface area contributed by atoms with Crippen LogP contribution >= 0.6 is 23.7 Å². The normalized spacial score (nSPS) is 16.1. The molecule has 0 saturated heterocycles. The van der Waals surface area contributed by atoms with Crippen LogP contribution < -0.4 is 11.1 Å². The van der Waals surface area contributed by atoms with Crippen molar-refractivity contribution in [1.29, 1.82) is 5.26 Å². The van der Waals surface area contributed by atoms with Crippen LogP contribution in [0.2, 0.25) is 0 Å². The molecule has 7 heteroatoms. The number of hydrogen-bond donors (Lipinski definition) is 2. The van der Waals surface area contributed by atoms with Crippen molar-refractivity contribution in [2.24, 2.45) is 5.73 Å². The Labute approximate surface area is 138 Å². The van der Waals surface area contributed by atoms with E-state index in [9.17, 15) is 4.79 Å². The van der Waals surface area contributed by atoms with Gasteiger partial charge in [-0.25, -0.2) is 4.98 Å². The molecule has 22 heavy (non-hydrogen) atoms. The Hall–Kier alpha value is -1.94. The Bertz CT molecular complexity index is 720. The van der Waals surface area contributed by atoms with Crippen molar-refractivity contribution in [2.45, 2.75) is 25.3 Å². The summed E-state index contributed by atoms with van der Waals surface area (Å²) < 4.78 is 0. The van der Waals surface area contributed by atoms with E-state index in [0.29, 0.717) is 16.3 Å². The summed E-state index contributed by atoms with van der Waals surface area (Å²) in [7, 11) is 0. The summed E-state index contributed by atoms with van der Waals surface area (Å²) in [5.74, 6) is -0.213. The quantitative estimate of drug-likeness (QED) is 0.882. The fourth-order valence-corrected chi connectivity index (χ4v) is 3.42. The number of halogens is 1. The summed E-state index contributed by atoms with van der Waals surface area (Å²) in [4.78, 5) is 17.8. The topological polar surface area (TPSA) is 91.8 Å². The Morgan fingerprint density at radius 2 is 2.14 bits per heavy atom. The molecule has 0 radical (unpaired) electrons. The van der Waals surface area contributed by atoms with Gasteiger partial charge in [-0.2, -0.15) is 5.26 Å². The van der Waals surface area contributed by atoms with Crippen molar-refractivity contribution >= 4 is 34.8 Å². The molecule has 114 valence electrons. The summed E-state index contributed by atoms with van der Waals surface area (Å²) in [6, 6.07) is 8.74. The molecule has 0 bridgehead atoms. The zero-order valence-corrected chi connectivity index (χ0v) is 13.3. The number of rotatable bonds is 2. The lowest BCUT2D eigenvalue weighted by Gasteiger charge is -2.15. The first-order chi connectivity index (χ1) is 10.2. The molecule has 1 amide bonds. The average molecular weight is 335 g/mol. The molecule has 0 spiro atoms. The smallest absolute Gasteiger partial charge is 0.257 e. The standard InChI is InChI=1S/C15H14N4OS.ClH/c16-8-9-1-3-10(4-2-9)14(20)19-15-18-12-6-5-11(17)7-13(12)21-15;/h1-4,11H,5-7,17H2,(H,18,19,20);1H/t11-;/m0./s1. The molecule has 1 aromatic heterocycles. The summed E-state index contributed by atoms with van der Waals surface area (Å²) >= 11 is 1.49. The Morgan fingerprint density at radius 1 is 1.41 bits per heavy atom. The van der Waals surface area contributed by atoms with E-state index < -0.39 is 0 Å². The molecular weight excluding hydrogens is 320 g/mol. The molecule has 5 nitrogen and oxygen atoms in total. The Kier molecular flexibility index (Phi) is 5.14. The molecular formula is C15H15ClN4OS. The van der Waals surface area contributed by atoms with Crippen LogP contribution in [0.5, 0.6) is 0 Å². The van der Waals surface area contributed by atoms with Crippen molar-refractivity contribution in [2.75, 3.05) is 5.32 Å². The van der Waals surface area contributed by atoms with Crippen LogP contribution in [0, 0.1) is 11.3 Å². The second kappa shape index (κ2) is 6.88. The van der Waals surface area contributed by atoms with E-state index >= 15 is 0 Å². The van der Waals surface area contributed by atoms with Gasteiger partial charge in [0.1, 0.15) is 0 Å². The van der Waals surface area contributed by atoms with Gasteiger partial charge in [0.15, 0.2) is 5.13 Å². The minimum Gasteiger partial charge on any atom is -0.327 e. The van der Waals surface area contributed by atoms with E-state index in [0.717, 1.165) is 25.0 Å². The highest BCUT2D eigenvalue weighted by Crippen LogP contribution is 2.29. The number of carbonyl (C=O) groups is 1. The van der Waals surface area contributed by atoms with Crippen molar-refractivity contribution in [3.05, 3.63) is 46.0 Å². The second-order valence-corrected chi connectivity index (χ2v) is 6.12. The van der Waals surface area contributed by atoms with Crippen molar-refractivity contribution in [1.82, 2.24) is 4.98 Å². The number of nitrogens with one attached hydrogen (secondary N) is 1. The van der Waals surface area contributed by atoms with Gasteiger partial charge in [-0.05, 0) is 43.5 Å². The van der Waals surface area contributed by atoms with E-state index in [4.69, 9.17) is 11.0 Å². The Morgan fingerprint density at radius 3 is 2.82 bits per heavy atom. The predicted molar refractivity (Wildman–Crippen MR) is 88.5 cm³/mol. The molecule has 1 aromatic carbocycles. The molecule has 0 aliphatic heterocycles. The average Bonchev–Trinajstić information content (AvgIpc) is 2.88. The van der Waals surface area contributed by atoms with Gasteiger partial charge in [-0.15, -0.1) is 23.7 Å². The van der Waals surface area contributed by atoms with Gasteiger partial charge in [-0.3, -0.25) is 10.1 Å². The third kappa shape index (κ3) is 3.45. The summed E-state index contributed by atoms with van der Waals surface area (Å²) in [6.45, 7) is 0. The Balaban J connectivity index is 0.00000176. The highest BCUT2D eigenvalue weighted by molar-refractivity contribution is 7.15. The number of nitrogens with zero attached hydrogens (tertiary/aromatic N) is 2. The number of thiazole rings is 1. The van der Waals surface area contributed by atoms with Crippen LogP contribution in [0.15, 0.2) is 24.3 Å². The molecule has 0 saturated carbocycles. The summed E-state index contributed by atoms with van der Waals surface area (Å²) in [5.41, 5.74) is 8.04. The number of anilines is 1. The number of hydrogen-bond acceptors (Lipinski definition) is 5. The minimum absolute atomic E-state index is 0. The molecule has 1 heterocycles. The third-order valence-corrected chi connectivity index (χ3v) is 4.51. The largest absolute Gasteiger partial charge is 0.327 e. The molecule has 0 unspecified atom stereocenters. The number of carbonyl (C=O) groups excluding carboxylic acids is 1. The molecule has 3 rings (SSSR count). The van der Waals surface area contributed by atoms with Gasteiger partial charge in [-0.1, -0.05) is 0 Å². The molecule has 1 aliphatic rings. The lowest BCUT2D eigenvalue weighted by atomic mass is 9.99. The fourth-order valence-electron chi connectivity index (χ4n) is 2.32. The molecule has 1 aliphatic carbocycles. The first-order valence-electron chi connectivity index (χ1n) is 6.71. The maximum atomic E-state index is 12.1. The van der Waals surface area contributed by atoms with Gasteiger partial charge in [0.2, 0.25) is 0 Å². The van der Waals surface area contributed by atoms with E-state index in [-0.39, 0.29) is 24.4 Å². The lowest BCUT2D eigenvalue weighted by molar-refractivity contribution is 0.102. The summed E-state index contributed by atoms with van der Waals surface area (Å²) in [6.07, 6.45) is 2.65. The second-order valence-electron chi connectivity index (χ2n) is 5.04.